The van der Waals surface area contributed by atoms with Crippen molar-refractivity contribution in [1.82, 2.24) is 0 Å². The SMILES string of the molecule is CCc1cc(C#N)cc([C](C)C)c1. The van der Waals surface area contributed by atoms with Crippen molar-refractivity contribution >= 4 is 0 Å². The topological polar surface area (TPSA) is 23.8 Å². The molecule has 1 heteroatoms. The van der Waals surface area contributed by atoms with Gasteiger partial charge in [-0.1, -0.05) is 26.8 Å². The summed E-state index contributed by atoms with van der Waals surface area (Å²) in [4.78, 5) is 0. The van der Waals surface area contributed by atoms with E-state index >= 15 is 0 Å². The van der Waals surface area contributed by atoms with E-state index in [0.29, 0.717) is 0 Å². The molecule has 0 heterocycles. The molecule has 0 saturated carbocycles. The van der Waals surface area contributed by atoms with Crippen LogP contribution in [0.3, 0.4) is 0 Å². The van der Waals surface area contributed by atoms with Crippen molar-refractivity contribution in [3.63, 3.8) is 0 Å². The smallest absolute Gasteiger partial charge is 0.0991 e. The fourth-order valence-electron chi connectivity index (χ4n) is 1.25. The zero-order chi connectivity index (χ0) is 9.84. The fraction of sp³-hybridized carbons (Fsp3) is 0.333. The Hall–Kier alpha value is -1.29. The third-order valence-electron chi connectivity index (χ3n) is 2.11. The molecular formula is C12H14N. The highest BCUT2D eigenvalue weighted by Crippen LogP contribution is 2.17. The predicted molar refractivity (Wildman–Crippen MR) is 54.2 cm³/mol. The minimum Gasteiger partial charge on any atom is -0.192 e. The Morgan fingerprint density at radius 3 is 2.46 bits per heavy atom. The van der Waals surface area contributed by atoms with Gasteiger partial charge in [-0.2, -0.15) is 5.26 Å². The minimum atomic E-state index is 0.760. The first-order chi connectivity index (χ1) is 6.17. The molecule has 1 nitrogen and oxygen atoms in total. The summed E-state index contributed by atoms with van der Waals surface area (Å²) in [5.41, 5.74) is 3.17. The largest absolute Gasteiger partial charge is 0.192 e. The monoisotopic (exact) mass is 172 g/mol. The average molecular weight is 172 g/mol. The van der Waals surface area contributed by atoms with Crippen molar-refractivity contribution in [2.75, 3.05) is 0 Å². The van der Waals surface area contributed by atoms with E-state index in [4.69, 9.17) is 5.26 Å². The number of hydrogen-bond donors (Lipinski definition) is 0. The van der Waals surface area contributed by atoms with E-state index < -0.39 is 0 Å². The van der Waals surface area contributed by atoms with Gasteiger partial charge >= 0.3 is 0 Å². The number of nitriles is 1. The molecule has 0 aromatic heterocycles. The molecule has 1 rings (SSSR count). The maximum absolute atomic E-state index is 8.80. The van der Waals surface area contributed by atoms with Crippen LogP contribution in [0.2, 0.25) is 0 Å². The number of aryl methyl sites for hydroxylation is 1. The molecule has 0 amide bonds. The van der Waals surface area contributed by atoms with Gasteiger partial charge in [-0.25, -0.2) is 0 Å². The second-order valence-electron chi connectivity index (χ2n) is 3.38. The highest BCUT2D eigenvalue weighted by Gasteiger charge is 2.03. The molecule has 1 radical (unpaired) electrons. The molecule has 0 fully saturated rings. The van der Waals surface area contributed by atoms with Gasteiger partial charge in [0.1, 0.15) is 0 Å². The van der Waals surface area contributed by atoms with Crippen LogP contribution in [0.1, 0.15) is 37.5 Å². The predicted octanol–water partition coefficient (Wildman–Crippen LogP) is 3.08. The molecule has 0 atom stereocenters. The summed E-state index contributed by atoms with van der Waals surface area (Å²) in [7, 11) is 0. The first-order valence-corrected chi connectivity index (χ1v) is 4.52. The minimum absolute atomic E-state index is 0.760. The van der Waals surface area contributed by atoms with Crippen molar-refractivity contribution < 1.29 is 0 Å². The Morgan fingerprint density at radius 1 is 1.31 bits per heavy atom. The molecule has 0 saturated heterocycles. The third kappa shape index (κ3) is 2.32. The van der Waals surface area contributed by atoms with Gasteiger partial charge < -0.3 is 0 Å². The van der Waals surface area contributed by atoms with Gasteiger partial charge in [0, 0.05) is 0 Å². The van der Waals surface area contributed by atoms with Gasteiger partial charge in [-0.15, -0.1) is 0 Å². The van der Waals surface area contributed by atoms with Crippen molar-refractivity contribution in [3.8, 4) is 6.07 Å². The zero-order valence-electron chi connectivity index (χ0n) is 8.39. The first kappa shape index (κ1) is 9.80. The number of nitrogens with zero attached hydrogens (tertiary/aromatic N) is 1. The molecule has 13 heavy (non-hydrogen) atoms. The van der Waals surface area contributed by atoms with Crippen LogP contribution in [-0.2, 0) is 6.42 Å². The average Bonchev–Trinajstić information content (AvgIpc) is 2.16. The van der Waals surface area contributed by atoms with Crippen LogP contribution in [0.25, 0.3) is 0 Å². The Morgan fingerprint density at radius 2 is 2.00 bits per heavy atom. The van der Waals surface area contributed by atoms with Crippen molar-refractivity contribution in [1.29, 1.82) is 5.26 Å². The van der Waals surface area contributed by atoms with Gasteiger partial charge in [0.15, 0.2) is 0 Å². The van der Waals surface area contributed by atoms with Gasteiger partial charge in [0.05, 0.1) is 11.6 Å². The van der Waals surface area contributed by atoms with E-state index in [-0.39, 0.29) is 0 Å². The van der Waals surface area contributed by atoms with Crippen LogP contribution in [0.15, 0.2) is 18.2 Å². The van der Waals surface area contributed by atoms with Gasteiger partial charge in [-0.05, 0) is 35.6 Å². The summed E-state index contributed by atoms with van der Waals surface area (Å²) in [5, 5.41) is 8.80. The van der Waals surface area contributed by atoms with Crippen LogP contribution in [0.5, 0.6) is 0 Å². The highest BCUT2D eigenvalue weighted by molar-refractivity contribution is 5.42. The maximum atomic E-state index is 8.80. The van der Waals surface area contributed by atoms with Gasteiger partial charge in [-0.3, -0.25) is 0 Å². The molecule has 0 aliphatic heterocycles. The summed E-state index contributed by atoms with van der Waals surface area (Å²) < 4.78 is 0. The third-order valence-corrected chi connectivity index (χ3v) is 2.11. The molecule has 67 valence electrons. The fourth-order valence-corrected chi connectivity index (χ4v) is 1.25. The molecule has 0 spiro atoms. The van der Waals surface area contributed by atoms with Crippen LogP contribution in [0.4, 0.5) is 0 Å². The Balaban J connectivity index is 3.17. The molecule has 0 bridgehead atoms. The summed E-state index contributed by atoms with van der Waals surface area (Å²) in [6, 6.07) is 8.22. The van der Waals surface area contributed by atoms with Crippen molar-refractivity contribution in [2.45, 2.75) is 27.2 Å². The second kappa shape index (κ2) is 4.09. The van der Waals surface area contributed by atoms with E-state index in [0.717, 1.165) is 12.0 Å². The van der Waals surface area contributed by atoms with Crippen LogP contribution >= 0.6 is 0 Å². The van der Waals surface area contributed by atoms with Crippen LogP contribution in [-0.4, -0.2) is 0 Å². The molecule has 1 aromatic rings. The Kier molecular flexibility index (Phi) is 3.08. The lowest BCUT2D eigenvalue weighted by Crippen LogP contribution is -1.92. The van der Waals surface area contributed by atoms with E-state index in [1.165, 1.54) is 17.0 Å². The summed E-state index contributed by atoms with van der Waals surface area (Å²) in [6.07, 6.45) is 0.982. The van der Waals surface area contributed by atoms with E-state index in [9.17, 15) is 0 Å². The van der Waals surface area contributed by atoms with E-state index in [1.807, 2.05) is 12.1 Å². The van der Waals surface area contributed by atoms with Crippen LogP contribution in [0, 0.1) is 17.2 Å². The van der Waals surface area contributed by atoms with Gasteiger partial charge in [0.25, 0.3) is 0 Å². The Labute approximate surface area is 80.0 Å². The van der Waals surface area contributed by atoms with E-state index in [2.05, 4.69) is 32.9 Å². The lowest BCUT2D eigenvalue weighted by Gasteiger charge is -2.07. The molecule has 0 aliphatic rings. The lowest BCUT2D eigenvalue weighted by atomic mass is 9.97. The van der Waals surface area contributed by atoms with Crippen molar-refractivity contribution in [2.24, 2.45) is 0 Å². The maximum Gasteiger partial charge on any atom is 0.0991 e. The molecule has 0 aliphatic carbocycles. The number of rotatable bonds is 2. The summed E-state index contributed by atoms with van der Waals surface area (Å²) in [6.45, 7) is 6.23. The first-order valence-electron chi connectivity index (χ1n) is 4.52. The quantitative estimate of drug-likeness (QED) is 0.672. The summed E-state index contributed by atoms with van der Waals surface area (Å²) >= 11 is 0. The molecule has 1 aromatic carbocycles. The Bertz CT molecular complexity index is 331. The van der Waals surface area contributed by atoms with Gasteiger partial charge in [0.2, 0.25) is 0 Å². The zero-order valence-corrected chi connectivity index (χ0v) is 8.39. The highest BCUT2D eigenvalue weighted by atomic mass is 14.2. The molecular weight excluding hydrogens is 158 g/mol. The second-order valence-corrected chi connectivity index (χ2v) is 3.38. The van der Waals surface area contributed by atoms with E-state index in [1.54, 1.807) is 0 Å². The van der Waals surface area contributed by atoms with Crippen LogP contribution < -0.4 is 0 Å². The summed E-state index contributed by atoms with van der Waals surface area (Å²) in [5.74, 6) is 1.26. The van der Waals surface area contributed by atoms with Crippen molar-refractivity contribution in [3.05, 3.63) is 40.8 Å². The lowest BCUT2D eigenvalue weighted by molar-refractivity contribution is 1.09. The normalized spacial score (nSPS) is 10.1. The molecule has 0 N–H and O–H groups in total. The number of hydrogen-bond acceptors (Lipinski definition) is 1. The number of benzene rings is 1. The molecule has 0 unspecified atom stereocenters. The standard InChI is InChI=1S/C12H14N/c1-4-10-5-11(8-13)7-12(6-10)9(2)3/h5-7H,4H2,1-3H3.